The molecule has 8 amide bonds. The van der Waals surface area contributed by atoms with E-state index in [1.165, 1.54) is 36.4 Å². The molecule has 0 spiro atoms. The monoisotopic (exact) mass is 815 g/mol. The molecule has 2 atom stereocenters. The van der Waals surface area contributed by atoms with E-state index in [4.69, 9.17) is 19.9 Å². The van der Waals surface area contributed by atoms with Crippen molar-refractivity contribution in [3.8, 4) is 5.75 Å². The van der Waals surface area contributed by atoms with Crippen LogP contribution in [0.4, 0.5) is 25.8 Å². The van der Waals surface area contributed by atoms with Gasteiger partial charge in [-0.25, -0.2) is 14.4 Å². The van der Waals surface area contributed by atoms with Gasteiger partial charge in [0.25, 0.3) is 5.69 Å². The molecule has 0 fully saturated rings. The van der Waals surface area contributed by atoms with Gasteiger partial charge in [-0.05, 0) is 69.4 Å². The summed E-state index contributed by atoms with van der Waals surface area (Å²) in [6.07, 6.45) is -1.59. The number of nitrogens with two attached hydrogens (primary N) is 1. The fourth-order valence-electron chi connectivity index (χ4n) is 4.57. The molecule has 58 heavy (non-hydrogen) atoms. The number of alkyl carbamates (subject to hydrolysis) is 1. The number of hydrogen-bond acceptors (Lipinski definition) is 13. The second kappa shape index (κ2) is 23.2. The molecule has 22 nitrogen and oxygen atoms in total. The maximum absolute atomic E-state index is 13.4. The number of rotatable bonds is 20. The van der Waals surface area contributed by atoms with Crippen LogP contribution in [0.25, 0.3) is 0 Å². The molecule has 0 aromatic heterocycles. The summed E-state index contributed by atoms with van der Waals surface area (Å²) in [5.41, 5.74) is 5.01. The summed E-state index contributed by atoms with van der Waals surface area (Å²) in [6.45, 7) is 6.64. The second-order valence-corrected chi connectivity index (χ2v) is 13.8. The smallest absolute Gasteiger partial charge is 0.444 e. The van der Waals surface area contributed by atoms with E-state index in [0.717, 1.165) is 0 Å². The van der Waals surface area contributed by atoms with Crippen molar-refractivity contribution in [3.63, 3.8) is 0 Å². The first kappa shape index (κ1) is 47.2. The van der Waals surface area contributed by atoms with Crippen LogP contribution in [0.15, 0.2) is 48.5 Å². The minimum absolute atomic E-state index is 0.0414. The van der Waals surface area contributed by atoms with Gasteiger partial charge in [-0.3, -0.25) is 34.1 Å². The van der Waals surface area contributed by atoms with Gasteiger partial charge in [0.2, 0.25) is 29.5 Å². The van der Waals surface area contributed by atoms with Crippen molar-refractivity contribution in [1.82, 2.24) is 31.9 Å². The summed E-state index contributed by atoms with van der Waals surface area (Å²) in [7, 11) is 0. The van der Waals surface area contributed by atoms with Crippen molar-refractivity contribution in [2.45, 2.75) is 71.8 Å². The summed E-state index contributed by atoms with van der Waals surface area (Å²) >= 11 is 0. The largest absolute Gasteiger partial charge is 0.514 e. The van der Waals surface area contributed by atoms with Gasteiger partial charge < -0.3 is 57.2 Å². The Morgan fingerprint density at radius 3 is 1.91 bits per heavy atom. The van der Waals surface area contributed by atoms with Crippen LogP contribution in [0, 0.1) is 16.0 Å². The number of hydrogen-bond donors (Lipinski definition) is 8. The molecule has 0 aliphatic rings. The lowest BCUT2D eigenvalue weighted by Crippen LogP contribution is -2.56. The molecule has 2 aromatic carbocycles. The number of primary amides is 1. The number of nitrogens with zero attached hydrogens (tertiary/aromatic N) is 1. The number of non-ortho nitro benzene ring substituents is 1. The molecule has 0 heterocycles. The Kier molecular flexibility index (Phi) is 18.8. The van der Waals surface area contributed by atoms with Crippen molar-refractivity contribution in [3.05, 3.63) is 64.2 Å². The van der Waals surface area contributed by atoms with Crippen LogP contribution in [-0.4, -0.2) is 96.6 Å². The Morgan fingerprint density at radius 1 is 0.776 bits per heavy atom. The van der Waals surface area contributed by atoms with Crippen LogP contribution < -0.4 is 47.7 Å². The normalized spacial score (nSPS) is 11.8. The van der Waals surface area contributed by atoms with Crippen molar-refractivity contribution in [2.75, 3.05) is 31.5 Å². The highest BCUT2D eigenvalue weighted by molar-refractivity contribution is 5.98. The van der Waals surface area contributed by atoms with Gasteiger partial charge in [0, 0.05) is 24.4 Å². The average molecular weight is 816 g/mol. The van der Waals surface area contributed by atoms with E-state index in [1.54, 1.807) is 46.8 Å². The number of benzene rings is 2. The van der Waals surface area contributed by atoms with E-state index in [-0.39, 0.29) is 37.4 Å². The molecule has 2 unspecified atom stereocenters. The highest BCUT2D eigenvalue weighted by atomic mass is 16.7. The van der Waals surface area contributed by atoms with Crippen LogP contribution in [0.5, 0.6) is 5.75 Å². The fraction of sp³-hybridized carbons (Fsp3) is 0.444. The second-order valence-electron chi connectivity index (χ2n) is 13.8. The number of nitro groups is 1. The van der Waals surface area contributed by atoms with Gasteiger partial charge in [0.1, 0.15) is 36.6 Å². The van der Waals surface area contributed by atoms with E-state index >= 15 is 0 Å². The standard InChI is InChI=1S/C36H49N9O13/c1-21(2)30(44-29(48)19-40-27(46)17-39-28(47)18-41-34(52)58-36(3,4)5)32(50)43-26(7-6-16-38-33(37)51)31(49)42-23-10-8-22(9-11-23)20-56-35(53)57-25-14-12-24(13-15-25)45(54)55/h8-15,21,26,30H,6-7,16-20H2,1-5H3,(H,39,47)(H,40,46)(H,41,52)(H,42,49)(H,43,50)(H,44,48)(H3,37,38,51). The molecule has 0 radical (unpaired) electrons. The molecule has 0 saturated carbocycles. The van der Waals surface area contributed by atoms with Gasteiger partial charge in [0.15, 0.2) is 0 Å². The van der Waals surface area contributed by atoms with E-state index in [0.29, 0.717) is 11.3 Å². The lowest BCUT2D eigenvalue weighted by Gasteiger charge is -2.25. The average Bonchev–Trinajstić information content (AvgIpc) is 3.14. The zero-order valence-corrected chi connectivity index (χ0v) is 32.6. The zero-order valence-electron chi connectivity index (χ0n) is 32.6. The SMILES string of the molecule is CC(C)C(NC(=O)CNC(=O)CNC(=O)CNC(=O)OC(C)(C)C)C(=O)NC(CCCNC(N)=O)C(=O)Nc1ccc(COC(=O)Oc2ccc([N+](=O)[O-])cc2)cc1. The Balaban J connectivity index is 1.93. The van der Waals surface area contributed by atoms with Gasteiger partial charge in [0.05, 0.1) is 18.0 Å². The highest BCUT2D eigenvalue weighted by Crippen LogP contribution is 2.18. The minimum Gasteiger partial charge on any atom is -0.444 e. The molecule has 9 N–H and O–H groups in total. The molecule has 0 saturated heterocycles. The number of carbonyl (C=O) groups is 8. The summed E-state index contributed by atoms with van der Waals surface area (Å²) in [4.78, 5) is 109. The lowest BCUT2D eigenvalue weighted by molar-refractivity contribution is -0.384. The fourth-order valence-corrected chi connectivity index (χ4v) is 4.57. The number of urea groups is 1. The van der Waals surface area contributed by atoms with Gasteiger partial charge >= 0.3 is 18.3 Å². The van der Waals surface area contributed by atoms with E-state index in [1.807, 2.05) is 0 Å². The van der Waals surface area contributed by atoms with Crippen LogP contribution in [0.3, 0.4) is 0 Å². The zero-order chi connectivity index (χ0) is 43.4. The van der Waals surface area contributed by atoms with Gasteiger partial charge in [-0.15, -0.1) is 0 Å². The lowest BCUT2D eigenvalue weighted by atomic mass is 10.0. The number of amides is 8. The molecule has 316 valence electrons. The number of nitrogens with one attached hydrogen (secondary N) is 7. The van der Waals surface area contributed by atoms with Crippen molar-refractivity contribution in [1.29, 1.82) is 0 Å². The highest BCUT2D eigenvalue weighted by Gasteiger charge is 2.29. The maximum Gasteiger partial charge on any atom is 0.514 e. The van der Waals surface area contributed by atoms with E-state index < -0.39 is 96.0 Å². The van der Waals surface area contributed by atoms with Crippen molar-refractivity contribution >= 4 is 59.2 Å². The molecular formula is C36H49N9O13. The van der Waals surface area contributed by atoms with Crippen LogP contribution in [0.1, 0.15) is 53.0 Å². The third-order valence-electron chi connectivity index (χ3n) is 7.38. The van der Waals surface area contributed by atoms with Crippen molar-refractivity contribution < 1.29 is 57.5 Å². The predicted octanol–water partition coefficient (Wildman–Crippen LogP) is 1.08. The molecule has 0 aliphatic carbocycles. The third kappa shape index (κ3) is 19.0. The summed E-state index contributed by atoms with van der Waals surface area (Å²) in [5.74, 6) is -3.93. The first-order valence-corrected chi connectivity index (χ1v) is 17.8. The van der Waals surface area contributed by atoms with E-state index in [2.05, 4.69) is 37.2 Å². The van der Waals surface area contributed by atoms with Crippen LogP contribution >= 0.6 is 0 Å². The van der Waals surface area contributed by atoms with Gasteiger partial charge in [-0.1, -0.05) is 26.0 Å². The van der Waals surface area contributed by atoms with Gasteiger partial charge in [-0.2, -0.15) is 0 Å². The Morgan fingerprint density at radius 2 is 1.36 bits per heavy atom. The first-order chi connectivity index (χ1) is 27.2. The Bertz CT molecular complexity index is 1780. The summed E-state index contributed by atoms with van der Waals surface area (Å²) in [5, 5.41) is 27.8. The summed E-state index contributed by atoms with van der Waals surface area (Å²) in [6, 6.07) is 7.90. The Labute approximate surface area is 333 Å². The quantitative estimate of drug-likeness (QED) is 0.0305. The van der Waals surface area contributed by atoms with Crippen molar-refractivity contribution in [2.24, 2.45) is 11.7 Å². The topological polar surface area (TPSA) is 318 Å². The molecular weight excluding hydrogens is 766 g/mol. The number of carbonyl (C=O) groups excluding carboxylic acids is 8. The Hall–Kier alpha value is -7.00. The molecule has 22 heteroatoms. The molecule has 0 aliphatic heterocycles. The van der Waals surface area contributed by atoms with Crippen LogP contribution in [0.2, 0.25) is 0 Å². The predicted molar refractivity (Wildman–Crippen MR) is 205 cm³/mol. The minimum atomic E-state index is -1.15. The molecule has 2 aromatic rings. The molecule has 0 bridgehead atoms. The van der Waals surface area contributed by atoms with Crippen LogP contribution in [-0.2, 0) is 40.1 Å². The number of nitro benzene ring substituents is 1. The number of anilines is 1. The molecule has 2 rings (SSSR count). The van der Waals surface area contributed by atoms with E-state index in [9.17, 15) is 48.5 Å². The maximum atomic E-state index is 13.4. The third-order valence-corrected chi connectivity index (χ3v) is 7.38. The summed E-state index contributed by atoms with van der Waals surface area (Å²) < 4.78 is 15.1. The number of ether oxygens (including phenoxy) is 3. The first-order valence-electron chi connectivity index (χ1n) is 17.8.